The van der Waals surface area contributed by atoms with E-state index in [1.54, 1.807) is 0 Å². The Morgan fingerprint density at radius 1 is 1.30 bits per heavy atom. The summed E-state index contributed by atoms with van der Waals surface area (Å²) in [5.41, 5.74) is 0. The Bertz CT molecular complexity index is 452. The molecule has 1 aromatic heterocycles. The number of likely N-dealkylation sites (N-methyl/N-ethyl adjacent to an activating group) is 1. The first kappa shape index (κ1) is 15.3. The minimum Gasteiger partial charge on any atom is -0.461 e. The summed E-state index contributed by atoms with van der Waals surface area (Å²) in [6, 6.07) is 1.40. The van der Waals surface area contributed by atoms with Crippen LogP contribution in [0.25, 0.3) is 0 Å². The van der Waals surface area contributed by atoms with Crippen molar-refractivity contribution in [2.45, 2.75) is 51.8 Å². The maximum Gasteiger partial charge on any atom is 0.322 e. The Morgan fingerprint density at radius 3 is 2.60 bits per heavy atom. The van der Waals surface area contributed by atoms with Gasteiger partial charge < -0.3 is 10.1 Å². The molecule has 2 rings (SSSR count). The predicted octanol–water partition coefficient (Wildman–Crippen LogP) is 2.21. The van der Waals surface area contributed by atoms with Crippen LogP contribution in [0, 0.1) is 0 Å². The highest BCUT2D eigenvalue weighted by atomic mass is 35.5. The van der Waals surface area contributed by atoms with Gasteiger partial charge in [0.25, 0.3) is 0 Å². The maximum atomic E-state index is 5.88. The summed E-state index contributed by atoms with van der Waals surface area (Å²) in [6.07, 6.45) is 2.59. The first-order chi connectivity index (χ1) is 9.45. The summed E-state index contributed by atoms with van der Waals surface area (Å²) in [6.45, 7) is 6.77. The predicted molar refractivity (Wildman–Crippen MR) is 79.3 cm³/mol. The Balaban J connectivity index is 1.92. The molecule has 7 heteroatoms. The second kappa shape index (κ2) is 6.54. The van der Waals surface area contributed by atoms with Crippen LogP contribution < -0.4 is 10.1 Å². The van der Waals surface area contributed by atoms with Crippen molar-refractivity contribution in [1.29, 1.82) is 0 Å². The van der Waals surface area contributed by atoms with Gasteiger partial charge in [-0.15, -0.1) is 0 Å². The van der Waals surface area contributed by atoms with E-state index in [-0.39, 0.29) is 17.4 Å². The molecular formula is C13H22ClN5O. The van der Waals surface area contributed by atoms with Crippen molar-refractivity contribution in [3.63, 3.8) is 0 Å². The van der Waals surface area contributed by atoms with Crippen LogP contribution in [0.2, 0.25) is 5.28 Å². The summed E-state index contributed by atoms with van der Waals surface area (Å²) in [4.78, 5) is 14.6. The lowest BCUT2D eigenvalue weighted by Gasteiger charge is -2.24. The molecule has 0 aromatic carbocycles. The van der Waals surface area contributed by atoms with Gasteiger partial charge in [0, 0.05) is 18.6 Å². The van der Waals surface area contributed by atoms with E-state index in [2.05, 4.69) is 39.1 Å². The van der Waals surface area contributed by atoms with Gasteiger partial charge in [-0.1, -0.05) is 0 Å². The van der Waals surface area contributed by atoms with Crippen molar-refractivity contribution in [2.75, 3.05) is 18.9 Å². The van der Waals surface area contributed by atoms with Crippen molar-refractivity contribution < 1.29 is 4.74 Å². The molecule has 20 heavy (non-hydrogen) atoms. The molecule has 1 unspecified atom stereocenters. The lowest BCUT2D eigenvalue weighted by atomic mass is 10.3. The highest BCUT2D eigenvalue weighted by Gasteiger charge is 2.29. The van der Waals surface area contributed by atoms with Crippen LogP contribution in [-0.4, -0.2) is 51.6 Å². The summed E-state index contributed by atoms with van der Waals surface area (Å²) in [5.74, 6) is 0.455. The van der Waals surface area contributed by atoms with E-state index in [1.807, 2.05) is 13.8 Å². The second-order valence-corrected chi connectivity index (χ2v) is 5.84. The molecule has 6 nitrogen and oxygen atoms in total. The van der Waals surface area contributed by atoms with Crippen LogP contribution in [0.4, 0.5) is 5.95 Å². The van der Waals surface area contributed by atoms with E-state index in [0.717, 1.165) is 12.6 Å². The molecule has 0 bridgehead atoms. The van der Waals surface area contributed by atoms with Crippen molar-refractivity contribution in [3.05, 3.63) is 5.28 Å². The van der Waals surface area contributed by atoms with Gasteiger partial charge in [-0.3, -0.25) is 4.90 Å². The molecule has 0 aliphatic heterocycles. The summed E-state index contributed by atoms with van der Waals surface area (Å²) >= 11 is 5.88. The highest BCUT2D eigenvalue weighted by Crippen LogP contribution is 2.26. The molecule has 1 saturated carbocycles. The first-order valence-electron chi connectivity index (χ1n) is 6.99. The quantitative estimate of drug-likeness (QED) is 0.833. The molecule has 0 amide bonds. The molecule has 1 aliphatic rings. The molecule has 1 N–H and O–H groups in total. The Labute approximate surface area is 124 Å². The average Bonchev–Trinajstić information content (AvgIpc) is 3.17. The standard InChI is InChI=1S/C13H22ClN5O/c1-8(2)20-13-17-11(14)16-12(18-13)15-7-9(3)19(4)10-5-6-10/h8-10H,5-7H2,1-4H3,(H,15,16,17,18). The smallest absolute Gasteiger partial charge is 0.322 e. The zero-order valence-electron chi connectivity index (χ0n) is 12.4. The Morgan fingerprint density at radius 2 is 2.00 bits per heavy atom. The number of halogens is 1. The van der Waals surface area contributed by atoms with Gasteiger partial charge in [-0.05, 0) is 52.3 Å². The third-order valence-electron chi connectivity index (χ3n) is 3.30. The van der Waals surface area contributed by atoms with Crippen LogP contribution in [0.1, 0.15) is 33.6 Å². The van der Waals surface area contributed by atoms with Gasteiger partial charge in [-0.2, -0.15) is 15.0 Å². The number of nitrogens with zero attached hydrogens (tertiary/aromatic N) is 4. The fraction of sp³-hybridized carbons (Fsp3) is 0.769. The molecular weight excluding hydrogens is 278 g/mol. The normalized spacial score (nSPS) is 16.6. The molecule has 1 aliphatic carbocycles. The third-order valence-corrected chi connectivity index (χ3v) is 3.47. The van der Waals surface area contributed by atoms with Crippen LogP contribution in [-0.2, 0) is 0 Å². The highest BCUT2D eigenvalue weighted by molar-refractivity contribution is 6.28. The molecule has 112 valence electrons. The zero-order valence-corrected chi connectivity index (χ0v) is 13.2. The summed E-state index contributed by atoms with van der Waals surface area (Å²) < 4.78 is 5.44. The summed E-state index contributed by atoms with van der Waals surface area (Å²) in [7, 11) is 2.15. The number of aromatic nitrogens is 3. The van der Waals surface area contributed by atoms with E-state index in [1.165, 1.54) is 12.8 Å². The van der Waals surface area contributed by atoms with Crippen LogP contribution in [0.15, 0.2) is 0 Å². The minimum atomic E-state index is 0.00115. The van der Waals surface area contributed by atoms with E-state index >= 15 is 0 Å². The van der Waals surface area contributed by atoms with E-state index in [0.29, 0.717) is 12.0 Å². The number of hydrogen-bond acceptors (Lipinski definition) is 6. The second-order valence-electron chi connectivity index (χ2n) is 5.50. The lowest BCUT2D eigenvalue weighted by molar-refractivity contribution is 0.221. The number of hydrogen-bond donors (Lipinski definition) is 1. The van der Waals surface area contributed by atoms with Gasteiger partial charge in [0.1, 0.15) is 0 Å². The molecule has 0 saturated heterocycles. The topological polar surface area (TPSA) is 63.2 Å². The van der Waals surface area contributed by atoms with Gasteiger partial charge in [-0.25, -0.2) is 0 Å². The number of anilines is 1. The third kappa shape index (κ3) is 4.45. The SMILES string of the molecule is CC(C)Oc1nc(Cl)nc(NCC(C)N(C)C2CC2)n1. The minimum absolute atomic E-state index is 0.00115. The Kier molecular flexibility index (Phi) is 4.99. The van der Waals surface area contributed by atoms with Gasteiger partial charge in [0.15, 0.2) is 0 Å². The Hall–Kier alpha value is -1.14. The monoisotopic (exact) mass is 299 g/mol. The van der Waals surface area contributed by atoms with Crippen molar-refractivity contribution in [1.82, 2.24) is 19.9 Å². The zero-order chi connectivity index (χ0) is 14.7. The van der Waals surface area contributed by atoms with Gasteiger partial charge in [0.2, 0.25) is 11.2 Å². The molecule has 0 spiro atoms. The number of nitrogens with one attached hydrogen (secondary N) is 1. The molecule has 1 fully saturated rings. The van der Waals surface area contributed by atoms with Crippen molar-refractivity contribution >= 4 is 17.5 Å². The maximum absolute atomic E-state index is 5.88. The molecule has 0 radical (unpaired) electrons. The summed E-state index contributed by atoms with van der Waals surface area (Å²) in [5, 5.41) is 3.33. The van der Waals surface area contributed by atoms with E-state index < -0.39 is 0 Å². The van der Waals surface area contributed by atoms with Crippen LogP contribution in [0.3, 0.4) is 0 Å². The fourth-order valence-electron chi connectivity index (χ4n) is 1.90. The van der Waals surface area contributed by atoms with E-state index in [9.17, 15) is 0 Å². The average molecular weight is 300 g/mol. The molecule has 1 heterocycles. The first-order valence-corrected chi connectivity index (χ1v) is 7.37. The van der Waals surface area contributed by atoms with Crippen LogP contribution in [0.5, 0.6) is 6.01 Å². The van der Waals surface area contributed by atoms with Gasteiger partial charge >= 0.3 is 6.01 Å². The molecule has 1 atom stereocenters. The van der Waals surface area contributed by atoms with E-state index in [4.69, 9.17) is 16.3 Å². The number of rotatable bonds is 7. The fourth-order valence-corrected chi connectivity index (χ4v) is 2.05. The van der Waals surface area contributed by atoms with Crippen molar-refractivity contribution in [2.24, 2.45) is 0 Å². The lowest BCUT2D eigenvalue weighted by Crippen LogP contribution is -2.36. The largest absolute Gasteiger partial charge is 0.461 e. The van der Waals surface area contributed by atoms with Crippen LogP contribution >= 0.6 is 11.6 Å². The van der Waals surface area contributed by atoms with Gasteiger partial charge in [0.05, 0.1) is 6.10 Å². The molecule has 1 aromatic rings. The van der Waals surface area contributed by atoms with Crippen molar-refractivity contribution in [3.8, 4) is 6.01 Å². The number of ether oxygens (including phenoxy) is 1.